The molecule has 0 bridgehead atoms. The fourth-order valence-corrected chi connectivity index (χ4v) is 3.43. The molecule has 140 valence electrons. The van der Waals surface area contributed by atoms with E-state index in [1.165, 1.54) is 18.2 Å². The summed E-state index contributed by atoms with van der Waals surface area (Å²) in [5.41, 5.74) is 3.02. The first-order valence-corrected chi connectivity index (χ1v) is 10.0. The van der Waals surface area contributed by atoms with Crippen LogP contribution in [0.15, 0.2) is 42.5 Å². The second-order valence-corrected chi connectivity index (χ2v) is 8.26. The van der Waals surface area contributed by atoms with Gasteiger partial charge in [0.05, 0.1) is 18.0 Å². The lowest BCUT2D eigenvalue weighted by Gasteiger charge is -2.23. The van der Waals surface area contributed by atoms with Crippen molar-refractivity contribution in [3.8, 4) is 0 Å². The van der Waals surface area contributed by atoms with Gasteiger partial charge in [0.1, 0.15) is 12.4 Å². The minimum absolute atomic E-state index is 0.149. The van der Waals surface area contributed by atoms with Gasteiger partial charge in [0, 0.05) is 0 Å². The number of rotatable bonds is 6. The lowest BCUT2D eigenvalue weighted by Crippen LogP contribution is -2.41. The van der Waals surface area contributed by atoms with Crippen LogP contribution >= 0.6 is 0 Å². The molecule has 5 nitrogen and oxygen atoms in total. The number of sulfonamides is 1. The van der Waals surface area contributed by atoms with Crippen molar-refractivity contribution in [2.24, 2.45) is 0 Å². The van der Waals surface area contributed by atoms with Crippen molar-refractivity contribution >= 4 is 21.6 Å². The SMILES string of the molecule is Cc1ccc([C@@H](C)NC(=O)CN(c2ccccc2F)S(C)(=O)=O)cc1C. The van der Waals surface area contributed by atoms with E-state index in [1.54, 1.807) is 0 Å². The smallest absolute Gasteiger partial charge is 0.241 e. The molecule has 0 saturated heterocycles. The van der Waals surface area contributed by atoms with E-state index in [0.29, 0.717) is 0 Å². The summed E-state index contributed by atoms with van der Waals surface area (Å²) < 4.78 is 38.8. The van der Waals surface area contributed by atoms with Crippen LogP contribution in [-0.4, -0.2) is 27.1 Å². The van der Waals surface area contributed by atoms with Crippen LogP contribution in [0.1, 0.15) is 29.7 Å². The molecule has 0 heterocycles. The zero-order valence-electron chi connectivity index (χ0n) is 15.3. The van der Waals surface area contributed by atoms with Gasteiger partial charge in [-0.2, -0.15) is 0 Å². The van der Waals surface area contributed by atoms with E-state index in [-0.39, 0.29) is 11.7 Å². The van der Waals surface area contributed by atoms with E-state index in [2.05, 4.69) is 5.32 Å². The Morgan fingerprint density at radius 2 is 1.81 bits per heavy atom. The summed E-state index contributed by atoms with van der Waals surface area (Å²) in [6.07, 6.45) is 0.944. The Hall–Kier alpha value is -2.41. The summed E-state index contributed by atoms with van der Waals surface area (Å²) in [6, 6.07) is 11.0. The van der Waals surface area contributed by atoms with E-state index in [4.69, 9.17) is 0 Å². The predicted octanol–water partition coefficient (Wildman–Crippen LogP) is 3.09. The molecule has 0 aliphatic carbocycles. The molecule has 1 amide bonds. The first kappa shape index (κ1) is 19.9. The first-order valence-electron chi connectivity index (χ1n) is 8.18. The molecule has 2 aromatic carbocycles. The number of para-hydroxylation sites is 1. The fourth-order valence-electron chi connectivity index (χ4n) is 2.57. The van der Waals surface area contributed by atoms with Crippen LogP contribution in [-0.2, 0) is 14.8 Å². The van der Waals surface area contributed by atoms with E-state index in [0.717, 1.165) is 33.3 Å². The number of aryl methyl sites for hydroxylation is 2. The van der Waals surface area contributed by atoms with Crippen LogP contribution in [0.25, 0.3) is 0 Å². The highest BCUT2D eigenvalue weighted by Gasteiger charge is 2.24. The van der Waals surface area contributed by atoms with Crippen molar-refractivity contribution in [1.82, 2.24) is 5.32 Å². The van der Waals surface area contributed by atoms with Gasteiger partial charge in [-0.1, -0.05) is 30.3 Å². The molecule has 0 spiro atoms. The Labute approximate surface area is 153 Å². The van der Waals surface area contributed by atoms with Crippen LogP contribution in [0.2, 0.25) is 0 Å². The Bertz CT molecular complexity index is 913. The molecule has 0 unspecified atom stereocenters. The standard InChI is InChI=1S/C19H23FN2O3S/c1-13-9-10-16(11-14(13)2)15(3)21-19(23)12-22(26(4,24)25)18-8-6-5-7-17(18)20/h5-11,15H,12H2,1-4H3,(H,21,23)/t15-/m1/s1. The van der Waals surface area contributed by atoms with Crippen molar-refractivity contribution in [3.05, 3.63) is 65.0 Å². The zero-order chi connectivity index (χ0) is 19.5. The molecule has 26 heavy (non-hydrogen) atoms. The molecule has 0 aromatic heterocycles. The molecule has 7 heteroatoms. The van der Waals surface area contributed by atoms with Crippen LogP contribution in [0.4, 0.5) is 10.1 Å². The van der Waals surface area contributed by atoms with Crippen LogP contribution < -0.4 is 9.62 Å². The van der Waals surface area contributed by atoms with Gasteiger partial charge >= 0.3 is 0 Å². The summed E-state index contributed by atoms with van der Waals surface area (Å²) in [4.78, 5) is 12.4. The van der Waals surface area contributed by atoms with Crippen LogP contribution in [0.3, 0.4) is 0 Å². The normalized spacial score (nSPS) is 12.5. The zero-order valence-corrected chi connectivity index (χ0v) is 16.1. The average Bonchev–Trinajstić information content (AvgIpc) is 2.55. The van der Waals surface area contributed by atoms with E-state index >= 15 is 0 Å². The van der Waals surface area contributed by atoms with Crippen molar-refractivity contribution in [1.29, 1.82) is 0 Å². The minimum atomic E-state index is -3.82. The number of carbonyl (C=O) groups is 1. The molecular weight excluding hydrogens is 355 g/mol. The third kappa shape index (κ3) is 4.82. The summed E-state index contributed by atoms with van der Waals surface area (Å²) in [5.74, 6) is -1.21. The number of benzene rings is 2. The summed E-state index contributed by atoms with van der Waals surface area (Å²) in [6.45, 7) is 5.31. The maximum atomic E-state index is 14.0. The first-order chi connectivity index (χ1) is 12.1. The summed E-state index contributed by atoms with van der Waals surface area (Å²) in [7, 11) is -3.82. The monoisotopic (exact) mass is 378 g/mol. The molecule has 2 aromatic rings. The number of carbonyl (C=O) groups excluding carboxylic acids is 1. The number of halogens is 1. The second-order valence-electron chi connectivity index (χ2n) is 6.35. The van der Waals surface area contributed by atoms with Gasteiger partial charge in [-0.05, 0) is 49.6 Å². The van der Waals surface area contributed by atoms with Gasteiger partial charge in [-0.3, -0.25) is 9.10 Å². The van der Waals surface area contributed by atoms with E-state index in [1.807, 2.05) is 39.0 Å². The molecule has 0 radical (unpaired) electrons. The highest BCUT2D eigenvalue weighted by Crippen LogP contribution is 2.21. The number of hydrogen-bond acceptors (Lipinski definition) is 3. The Balaban J connectivity index is 2.17. The Morgan fingerprint density at radius 3 is 2.38 bits per heavy atom. The van der Waals surface area contributed by atoms with Gasteiger partial charge in [-0.25, -0.2) is 12.8 Å². The molecule has 0 fully saturated rings. The highest BCUT2D eigenvalue weighted by molar-refractivity contribution is 7.92. The topological polar surface area (TPSA) is 66.5 Å². The molecule has 1 N–H and O–H groups in total. The second kappa shape index (κ2) is 7.86. The molecule has 0 saturated carbocycles. The van der Waals surface area contributed by atoms with Gasteiger partial charge < -0.3 is 5.32 Å². The van der Waals surface area contributed by atoms with Crippen molar-refractivity contribution < 1.29 is 17.6 Å². The number of hydrogen-bond donors (Lipinski definition) is 1. The van der Waals surface area contributed by atoms with Crippen LogP contribution in [0.5, 0.6) is 0 Å². The van der Waals surface area contributed by atoms with E-state index in [9.17, 15) is 17.6 Å². The van der Waals surface area contributed by atoms with Gasteiger partial charge in [0.25, 0.3) is 0 Å². The molecular formula is C19H23FN2O3S. The third-order valence-corrected chi connectivity index (χ3v) is 5.34. The maximum absolute atomic E-state index is 14.0. The fraction of sp³-hybridized carbons (Fsp3) is 0.316. The molecule has 1 atom stereocenters. The summed E-state index contributed by atoms with van der Waals surface area (Å²) >= 11 is 0. The van der Waals surface area contributed by atoms with Gasteiger partial charge in [-0.15, -0.1) is 0 Å². The minimum Gasteiger partial charge on any atom is -0.348 e. The number of nitrogens with zero attached hydrogens (tertiary/aromatic N) is 1. The Kier molecular flexibility index (Phi) is 6.02. The van der Waals surface area contributed by atoms with Crippen molar-refractivity contribution in [2.45, 2.75) is 26.8 Å². The third-order valence-electron chi connectivity index (χ3n) is 4.22. The highest BCUT2D eigenvalue weighted by atomic mass is 32.2. The summed E-state index contributed by atoms with van der Waals surface area (Å²) in [5, 5.41) is 2.77. The average molecular weight is 378 g/mol. The Morgan fingerprint density at radius 1 is 1.15 bits per heavy atom. The molecule has 0 aliphatic rings. The van der Waals surface area contributed by atoms with Crippen molar-refractivity contribution in [2.75, 3.05) is 17.1 Å². The predicted molar refractivity (Wildman–Crippen MR) is 101 cm³/mol. The lowest BCUT2D eigenvalue weighted by atomic mass is 10.0. The van der Waals surface area contributed by atoms with Crippen LogP contribution in [0, 0.1) is 19.7 Å². The van der Waals surface area contributed by atoms with Crippen molar-refractivity contribution in [3.63, 3.8) is 0 Å². The molecule has 2 rings (SSSR count). The largest absolute Gasteiger partial charge is 0.348 e. The number of anilines is 1. The number of amides is 1. The van der Waals surface area contributed by atoms with Gasteiger partial charge in [0.15, 0.2) is 0 Å². The molecule has 0 aliphatic heterocycles. The quantitative estimate of drug-likeness (QED) is 0.840. The maximum Gasteiger partial charge on any atom is 0.241 e. The number of nitrogens with one attached hydrogen (secondary N) is 1. The lowest BCUT2D eigenvalue weighted by molar-refractivity contribution is -0.120. The van der Waals surface area contributed by atoms with E-state index < -0.39 is 28.3 Å². The van der Waals surface area contributed by atoms with Gasteiger partial charge in [0.2, 0.25) is 15.9 Å².